The molecule has 1 N–H and O–H groups in total. The number of para-hydroxylation sites is 2. The smallest absolute Gasteiger partial charge is 0.142 e. The molecular weight excluding hydrogens is 340 g/mol. The zero-order valence-electron chi connectivity index (χ0n) is 12.9. The molecular formula is C18H22BrN2O+. The summed E-state index contributed by atoms with van der Waals surface area (Å²) in [5, 5.41) is 0. The Hall–Kier alpha value is -1.52. The van der Waals surface area contributed by atoms with Gasteiger partial charge in [-0.05, 0) is 24.3 Å². The predicted octanol–water partition coefficient (Wildman–Crippen LogP) is 2.36. The van der Waals surface area contributed by atoms with Crippen LogP contribution in [0.1, 0.15) is 5.56 Å². The first kappa shape index (κ1) is 15.4. The first-order valence-corrected chi connectivity index (χ1v) is 8.51. The zero-order chi connectivity index (χ0) is 15.4. The van der Waals surface area contributed by atoms with E-state index in [4.69, 9.17) is 4.74 Å². The van der Waals surface area contributed by atoms with Crippen molar-refractivity contribution in [2.24, 2.45) is 0 Å². The van der Waals surface area contributed by atoms with Crippen LogP contribution < -0.4 is 14.5 Å². The van der Waals surface area contributed by atoms with Gasteiger partial charge in [0.2, 0.25) is 0 Å². The van der Waals surface area contributed by atoms with E-state index in [1.807, 2.05) is 12.1 Å². The topological polar surface area (TPSA) is 16.9 Å². The predicted molar refractivity (Wildman–Crippen MR) is 93.7 cm³/mol. The van der Waals surface area contributed by atoms with E-state index in [0.717, 1.165) is 42.9 Å². The summed E-state index contributed by atoms with van der Waals surface area (Å²) in [6, 6.07) is 16.9. The minimum Gasteiger partial charge on any atom is -0.495 e. The monoisotopic (exact) mass is 361 g/mol. The Balaban J connectivity index is 1.60. The number of benzene rings is 2. The summed E-state index contributed by atoms with van der Waals surface area (Å²) in [4.78, 5) is 4.08. The van der Waals surface area contributed by atoms with Crippen molar-refractivity contribution in [3.63, 3.8) is 0 Å². The summed E-state index contributed by atoms with van der Waals surface area (Å²) in [5.41, 5.74) is 2.61. The lowest BCUT2D eigenvalue weighted by atomic mass is 10.2. The van der Waals surface area contributed by atoms with Gasteiger partial charge in [-0.15, -0.1) is 0 Å². The van der Waals surface area contributed by atoms with Crippen LogP contribution in [0.25, 0.3) is 0 Å². The lowest BCUT2D eigenvalue weighted by Crippen LogP contribution is -3.13. The van der Waals surface area contributed by atoms with Gasteiger partial charge in [-0.1, -0.05) is 40.2 Å². The largest absolute Gasteiger partial charge is 0.495 e. The van der Waals surface area contributed by atoms with E-state index >= 15 is 0 Å². The fraction of sp³-hybridized carbons (Fsp3) is 0.333. The molecule has 2 aromatic rings. The number of anilines is 1. The van der Waals surface area contributed by atoms with Gasteiger partial charge in [-0.25, -0.2) is 0 Å². The third kappa shape index (κ3) is 3.62. The second kappa shape index (κ2) is 7.16. The van der Waals surface area contributed by atoms with Crippen LogP contribution >= 0.6 is 15.9 Å². The molecule has 3 nitrogen and oxygen atoms in total. The van der Waals surface area contributed by atoms with E-state index in [-0.39, 0.29) is 0 Å². The van der Waals surface area contributed by atoms with Gasteiger partial charge in [0.05, 0.1) is 39.0 Å². The molecule has 0 bridgehead atoms. The van der Waals surface area contributed by atoms with Crippen LogP contribution in [0.2, 0.25) is 0 Å². The van der Waals surface area contributed by atoms with E-state index in [0.29, 0.717) is 0 Å². The van der Waals surface area contributed by atoms with Crippen molar-refractivity contribution in [3.8, 4) is 5.75 Å². The van der Waals surface area contributed by atoms with E-state index in [1.54, 1.807) is 12.0 Å². The Bertz CT molecular complexity index is 624. The average molecular weight is 362 g/mol. The van der Waals surface area contributed by atoms with Crippen LogP contribution in [-0.2, 0) is 6.54 Å². The minimum absolute atomic E-state index is 0.970. The van der Waals surface area contributed by atoms with E-state index in [2.05, 4.69) is 57.2 Å². The van der Waals surface area contributed by atoms with Crippen molar-refractivity contribution in [2.45, 2.75) is 6.54 Å². The lowest BCUT2D eigenvalue weighted by molar-refractivity contribution is -0.914. The van der Waals surface area contributed by atoms with Crippen molar-refractivity contribution in [1.82, 2.24) is 0 Å². The van der Waals surface area contributed by atoms with Crippen LogP contribution in [0, 0.1) is 0 Å². The molecule has 0 aliphatic carbocycles. The number of hydrogen-bond donors (Lipinski definition) is 1. The van der Waals surface area contributed by atoms with Crippen molar-refractivity contribution in [1.29, 1.82) is 0 Å². The zero-order valence-corrected chi connectivity index (χ0v) is 14.5. The first-order valence-electron chi connectivity index (χ1n) is 7.72. The molecule has 0 aromatic heterocycles. The molecule has 1 saturated heterocycles. The third-order valence-electron chi connectivity index (χ3n) is 4.24. The van der Waals surface area contributed by atoms with Crippen LogP contribution in [-0.4, -0.2) is 33.3 Å². The summed E-state index contributed by atoms with van der Waals surface area (Å²) in [6.45, 7) is 5.56. The molecule has 4 heteroatoms. The van der Waals surface area contributed by atoms with Crippen molar-refractivity contribution in [3.05, 3.63) is 58.6 Å². The molecule has 1 heterocycles. The normalized spacial score (nSPS) is 15.8. The maximum absolute atomic E-state index is 5.48. The molecule has 1 fully saturated rings. The molecule has 116 valence electrons. The summed E-state index contributed by atoms with van der Waals surface area (Å²) < 4.78 is 6.64. The highest BCUT2D eigenvalue weighted by molar-refractivity contribution is 9.10. The summed E-state index contributed by atoms with van der Waals surface area (Å²) >= 11 is 3.55. The summed E-state index contributed by atoms with van der Waals surface area (Å²) in [6.07, 6.45) is 0. The van der Waals surface area contributed by atoms with Crippen LogP contribution in [0.3, 0.4) is 0 Å². The molecule has 3 rings (SSSR count). The number of quaternary nitrogens is 1. The first-order chi connectivity index (χ1) is 10.8. The fourth-order valence-electron chi connectivity index (χ4n) is 3.07. The number of hydrogen-bond acceptors (Lipinski definition) is 2. The Morgan fingerprint density at radius 1 is 1.09 bits per heavy atom. The van der Waals surface area contributed by atoms with Crippen LogP contribution in [0.5, 0.6) is 5.75 Å². The molecule has 0 amide bonds. The van der Waals surface area contributed by atoms with E-state index in [9.17, 15) is 0 Å². The van der Waals surface area contributed by atoms with Crippen LogP contribution in [0.4, 0.5) is 5.69 Å². The SMILES string of the molecule is COc1ccccc1N1CC[NH+](Cc2cccc(Br)c2)CC1. The molecule has 0 radical (unpaired) electrons. The maximum Gasteiger partial charge on any atom is 0.142 e. The van der Waals surface area contributed by atoms with Crippen LogP contribution in [0.15, 0.2) is 53.0 Å². The van der Waals surface area contributed by atoms with Gasteiger partial charge >= 0.3 is 0 Å². The molecule has 1 aliphatic heterocycles. The van der Waals surface area contributed by atoms with Crippen molar-refractivity contribution >= 4 is 21.6 Å². The van der Waals surface area contributed by atoms with Gasteiger partial charge in [0, 0.05) is 10.0 Å². The molecule has 0 atom stereocenters. The highest BCUT2D eigenvalue weighted by atomic mass is 79.9. The quantitative estimate of drug-likeness (QED) is 0.900. The number of ether oxygens (including phenoxy) is 1. The highest BCUT2D eigenvalue weighted by Crippen LogP contribution is 2.27. The number of halogens is 1. The Morgan fingerprint density at radius 2 is 1.86 bits per heavy atom. The van der Waals surface area contributed by atoms with E-state index in [1.165, 1.54) is 11.3 Å². The standard InChI is InChI=1S/C18H21BrN2O/c1-22-18-8-3-2-7-17(18)21-11-9-20(10-12-21)14-15-5-4-6-16(19)13-15/h2-8,13H,9-12,14H2,1H3/p+1. The minimum atomic E-state index is 0.970. The number of rotatable bonds is 4. The number of methoxy groups -OCH3 is 1. The van der Waals surface area contributed by atoms with Crippen molar-refractivity contribution in [2.75, 3.05) is 38.2 Å². The Labute approximate surface area is 140 Å². The second-order valence-electron chi connectivity index (χ2n) is 5.72. The van der Waals surface area contributed by atoms with Gasteiger partial charge in [-0.2, -0.15) is 0 Å². The second-order valence-corrected chi connectivity index (χ2v) is 6.63. The molecule has 1 aliphatic rings. The maximum atomic E-state index is 5.48. The number of nitrogens with one attached hydrogen (secondary N) is 1. The lowest BCUT2D eigenvalue weighted by Gasteiger charge is -2.34. The van der Waals surface area contributed by atoms with Crippen molar-refractivity contribution < 1.29 is 9.64 Å². The van der Waals surface area contributed by atoms with Gasteiger partial charge in [0.1, 0.15) is 12.3 Å². The van der Waals surface area contributed by atoms with E-state index < -0.39 is 0 Å². The van der Waals surface area contributed by atoms with Gasteiger partial charge in [0.15, 0.2) is 0 Å². The highest BCUT2D eigenvalue weighted by Gasteiger charge is 2.22. The molecule has 0 saturated carbocycles. The number of piperazine rings is 1. The molecule has 2 aromatic carbocycles. The Morgan fingerprint density at radius 3 is 2.59 bits per heavy atom. The van der Waals surface area contributed by atoms with Gasteiger partial charge in [0.25, 0.3) is 0 Å². The molecule has 22 heavy (non-hydrogen) atoms. The third-order valence-corrected chi connectivity index (χ3v) is 4.73. The molecule has 0 unspecified atom stereocenters. The van der Waals surface area contributed by atoms with Gasteiger partial charge in [-0.3, -0.25) is 0 Å². The average Bonchev–Trinajstić information content (AvgIpc) is 2.56. The molecule has 0 spiro atoms. The summed E-state index contributed by atoms with van der Waals surface area (Å²) in [7, 11) is 1.74. The number of nitrogens with zero attached hydrogens (tertiary/aromatic N) is 1. The van der Waals surface area contributed by atoms with Gasteiger partial charge < -0.3 is 14.5 Å². The Kier molecular flexibility index (Phi) is 5.01. The summed E-state index contributed by atoms with van der Waals surface area (Å²) in [5.74, 6) is 0.970. The fourth-order valence-corrected chi connectivity index (χ4v) is 3.51.